The highest BCUT2D eigenvalue weighted by Crippen LogP contribution is 2.34. The Bertz CT molecular complexity index is 711. The van der Waals surface area contributed by atoms with Crippen molar-refractivity contribution in [3.63, 3.8) is 0 Å². The highest BCUT2D eigenvalue weighted by molar-refractivity contribution is 6.36. The van der Waals surface area contributed by atoms with Crippen LogP contribution in [0.25, 0.3) is 0 Å². The molecule has 0 aliphatic rings. The van der Waals surface area contributed by atoms with E-state index in [1.807, 2.05) is 31.1 Å². The summed E-state index contributed by atoms with van der Waals surface area (Å²) in [7, 11) is 3.92. The highest BCUT2D eigenvalue weighted by atomic mass is 35.5. The number of halogens is 2. The van der Waals surface area contributed by atoms with Crippen molar-refractivity contribution in [1.82, 2.24) is 10.2 Å². The van der Waals surface area contributed by atoms with Crippen LogP contribution < -0.4 is 15.8 Å². The van der Waals surface area contributed by atoms with Crippen molar-refractivity contribution >= 4 is 34.8 Å². The summed E-state index contributed by atoms with van der Waals surface area (Å²) in [5.74, 6) is 0.302. The third kappa shape index (κ3) is 5.81. The number of nitrogens with zero attached hydrogens (tertiary/aromatic N) is 1. The van der Waals surface area contributed by atoms with Crippen molar-refractivity contribution in [3.05, 3.63) is 57.6 Å². The Morgan fingerprint density at radius 3 is 2.48 bits per heavy atom. The summed E-state index contributed by atoms with van der Waals surface area (Å²) < 4.78 is 5.68. The van der Waals surface area contributed by atoms with Gasteiger partial charge >= 0.3 is 0 Å². The van der Waals surface area contributed by atoms with Gasteiger partial charge in [-0.3, -0.25) is 4.79 Å². The quantitative estimate of drug-likeness (QED) is 0.720. The minimum absolute atomic E-state index is 0.0979. The summed E-state index contributed by atoms with van der Waals surface area (Å²) >= 11 is 12.0. The van der Waals surface area contributed by atoms with E-state index in [0.29, 0.717) is 33.6 Å². The summed E-state index contributed by atoms with van der Waals surface area (Å²) in [6.07, 6.45) is 0. The van der Waals surface area contributed by atoms with Gasteiger partial charge < -0.3 is 20.7 Å². The zero-order valence-corrected chi connectivity index (χ0v) is 15.7. The van der Waals surface area contributed by atoms with Gasteiger partial charge in [-0.1, -0.05) is 35.3 Å². The number of anilines is 1. The first-order valence-corrected chi connectivity index (χ1v) is 8.51. The molecule has 3 N–H and O–H groups in total. The summed E-state index contributed by atoms with van der Waals surface area (Å²) in [5.41, 5.74) is 7.75. The molecule has 1 amide bonds. The number of rotatable bonds is 7. The zero-order chi connectivity index (χ0) is 18.4. The topological polar surface area (TPSA) is 67.6 Å². The van der Waals surface area contributed by atoms with Crippen LogP contribution in [-0.2, 0) is 6.61 Å². The van der Waals surface area contributed by atoms with E-state index >= 15 is 0 Å². The molecule has 2 aromatic carbocycles. The number of nitrogen functional groups attached to an aromatic ring is 1. The first kappa shape index (κ1) is 19.4. The van der Waals surface area contributed by atoms with Gasteiger partial charge in [-0.05, 0) is 43.9 Å². The fourth-order valence-corrected chi connectivity index (χ4v) is 2.70. The van der Waals surface area contributed by atoms with E-state index < -0.39 is 0 Å². The van der Waals surface area contributed by atoms with Gasteiger partial charge in [-0.25, -0.2) is 0 Å². The van der Waals surface area contributed by atoms with Crippen LogP contribution in [0.5, 0.6) is 5.75 Å². The maximum atomic E-state index is 12.0. The van der Waals surface area contributed by atoms with E-state index in [4.69, 9.17) is 33.7 Å². The maximum absolute atomic E-state index is 12.0. The lowest BCUT2D eigenvalue weighted by atomic mass is 10.1. The average Bonchev–Trinajstić information content (AvgIpc) is 2.54. The van der Waals surface area contributed by atoms with Crippen LogP contribution in [0, 0.1) is 0 Å². The standard InChI is InChI=1S/C18H21Cl2N3O2/c1-23(2)8-7-22-18(24)13-5-3-12(4-6-13)11-25-17-15(20)9-14(19)10-16(17)21/h3-6,9-10H,7-8,11,21H2,1-2H3,(H,22,24). The molecule has 0 aliphatic heterocycles. The average molecular weight is 382 g/mol. The molecule has 7 heteroatoms. The van der Waals surface area contributed by atoms with E-state index in [2.05, 4.69) is 5.32 Å². The van der Waals surface area contributed by atoms with E-state index in [0.717, 1.165) is 12.1 Å². The van der Waals surface area contributed by atoms with Gasteiger partial charge in [-0.15, -0.1) is 0 Å². The summed E-state index contributed by atoms with van der Waals surface area (Å²) in [6, 6.07) is 10.4. The monoisotopic (exact) mass is 381 g/mol. The van der Waals surface area contributed by atoms with Gasteiger partial charge in [0.1, 0.15) is 6.61 Å². The molecule has 0 saturated heterocycles. The first-order chi connectivity index (χ1) is 11.9. The SMILES string of the molecule is CN(C)CCNC(=O)c1ccc(COc2c(N)cc(Cl)cc2Cl)cc1. The minimum Gasteiger partial charge on any atom is -0.485 e. The van der Waals surface area contributed by atoms with Crippen LogP contribution in [0.15, 0.2) is 36.4 Å². The predicted octanol–water partition coefficient (Wildman–Crippen LogP) is 3.45. The minimum atomic E-state index is -0.0979. The van der Waals surface area contributed by atoms with E-state index in [1.54, 1.807) is 24.3 Å². The molecular formula is C18H21Cl2N3O2. The van der Waals surface area contributed by atoms with Gasteiger partial charge in [0, 0.05) is 23.7 Å². The molecule has 2 rings (SSSR count). The Morgan fingerprint density at radius 1 is 1.20 bits per heavy atom. The molecule has 0 bridgehead atoms. The van der Waals surface area contributed by atoms with Gasteiger partial charge in [-0.2, -0.15) is 0 Å². The number of hydrogen-bond acceptors (Lipinski definition) is 4. The largest absolute Gasteiger partial charge is 0.485 e. The molecule has 5 nitrogen and oxygen atoms in total. The molecule has 2 aromatic rings. The van der Waals surface area contributed by atoms with E-state index in [-0.39, 0.29) is 12.5 Å². The van der Waals surface area contributed by atoms with E-state index in [1.165, 1.54) is 0 Å². The van der Waals surface area contributed by atoms with Crippen molar-refractivity contribution in [2.24, 2.45) is 0 Å². The first-order valence-electron chi connectivity index (χ1n) is 7.76. The fourth-order valence-electron chi connectivity index (χ4n) is 2.14. The molecule has 0 aromatic heterocycles. The predicted molar refractivity (Wildman–Crippen MR) is 103 cm³/mol. The third-order valence-electron chi connectivity index (χ3n) is 3.48. The lowest BCUT2D eigenvalue weighted by Gasteiger charge is -2.12. The number of carbonyl (C=O) groups excluding carboxylic acids is 1. The molecule has 0 atom stereocenters. The summed E-state index contributed by atoms with van der Waals surface area (Å²) in [6.45, 7) is 1.68. The third-order valence-corrected chi connectivity index (χ3v) is 3.98. The Kier molecular flexibility index (Phi) is 6.93. The second kappa shape index (κ2) is 8.94. The molecule has 0 fully saturated rings. The zero-order valence-electron chi connectivity index (χ0n) is 14.2. The summed E-state index contributed by atoms with van der Waals surface area (Å²) in [5, 5.41) is 3.69. The number of nitrogens with two attached hydrogens (primary N) is 1. The molecule has 0 unspecified atom stereocenters. The molecule has 0 aliphatic carbocycles. The van der Waals surface area contributed by atoms with Crippen molar-refractivity contribution in [2.75, 3.05) is 32.9 Å². The van der Waals surface area contributed by atoms with Gasteiger partial charge in [0.15, 0.2) is 5.75 Å². The van der Waals surface area contributed by atoms with Gasteiger partial charge in [0.05, 0.1) is 10.7 Å². The number of hydrogen-bond donors (Lipinski definition) is 2. The van der Waals surface area contributed by atoms with Crippen LogP contribution in [0.2, 0.25) is 10.0 Å². The normalized spacial score (nSPS) is 10.8. The van der Waals surface area contributed by atoms with Crippen molar-refractivity contribution in [1.29, 1.82) is 0 Å². The number of carbonyl (C=O) groups is 1. The highest BCUT2D eigenvalue weighted by Gasteiger charge is 2.09. The molecule has 25 heavy (non-hydrogen) atoms. The van der Waals surface area contributed by atoms with Crippen LogP contribution in [0.1, 0.15) is 15.9 Å². The molecule has 134 valence electrons. The maximum Gasteiger partial charge on any atom is 0.251 e. The second-order valence-corrected chi connectivity index (χ2v) is 6.69. The Labute approximate surface area is 157 Å². The number of amides is 1. The molecule has 0 radical (unpaired) electrons. The molecular weight excluding hydrogens is 361 g/mol. The molecule has 0 saturated carbocycles. The Morgan fingerprint density at radius 2 is 1.88 bits per heavy atom. The van der Waals surface area contributed by atoms with Crippen molar-refractivity contribution in [3.8, 4) is 5.75 Å². The Hall–Kier alpha value is -1.95. The number of likely N-dealkylation sites (N-methyl/N-ethyl adjacent to an activating group) is 1. The number of benzene rings is 2. The van der Waals surface area contributed by atoms with Crippen LogP contribution >= 0.6 is 23.2 Å². The van der Waals surface area contributed by atoms with Crippen molar-refractivity contribution < 1.29 is 9.53 Å². The molecule has 0 heterocycles. The van der Waals surface area contributed by atoms with E-state index in [9.17, 15) is 4.79 Å². The number of ether oxygens (including phenoxy) is 1. The van der Waals surface area contributed by atoms with Gasteiger partial charge in [0.25, 0.3) is 5.91 Å². The van der Waals surface area contributed by atoms with Crippen molar-refractivity contribution in [2.45, 2.75) is 6.61 Å². The van der Waals surface area contributed by atoms with Gasteiger partial charge in [0.2, 0.25) is 0 Å². The Balaban J connectivity index is 1.93. The van der Waals surface area contributed by atoms with Crippen LogP contribution in [0.3, 0.4) is 0 Å². The summed E-state index contributed by atoms with van der Waals surface area (Å²) in [4.78, 5) is 14.0. The fraction of sp³-hybridized carbons (Fsp3) is 0.278. The smallest absolute Gasteiger partial charge is 0.251 e. The number of nitrogens with one attached hydrogen (secondary N) is 1. The lowest BCUT2D eigenvalue weighted by Crippen LogP contribution is -2.31. The lowest BCUT2D eigenvalue weighted by molar-refractivity contribution is 0.0951. The second-order valence-electron chi connectivity index (χ2n) is 5.85. The molecule has 0 spiro atoms. The van der Waals surface area contributed by atoms with Crippen LogP contribution in [0.4, 0.5) is 5.69 Å². The van der Waals surface area contributed by atoms with Crippen LogP contribution in [-0.4, -0.2) is 38.0 Å².